The fraction of sp³-hybridized carbons (Fsp3) is 0.667. The molecule has 0 saturated heterocycles. The summed E-state index contributed by atoms with van der Waals surface area (Å²) >= 11 is 0. The second-order valence-corrected chi connectivity index (χ2v) is 5.57. The molecule has 0 aliphatic heterocycles. The fourth-order valence-electron chi connectivity index (χ4n) is 1.46. The minimum absolute atomic E-state index is 0.178. The summed E-state index contributed by atoms with van der Waals surface area (Å²) in [5.74, 6) is -0.900. The number of carbonyl (C=O) groups excluding carboxylic acids is 3. The van der Waals surface area contributed by atoms with Gasteiger partial charge in [-0.25, -0.2) is 9.59 Å². The number of amides is 1. The molecular weight excluding hydrogens is 290 g/mol. The Morgan fingerprint density at radius 1 is 1.18 bits per heavy atom. The molecule has 22 heavy (non-hydrogen) atoms. The van der Waals surface area contributed by atoms with Crippen molar-refractivity contribution in [2.24, 2.45) is 0 Å². The van der Waals surface area contributed by atoms with Gasteiger partial charge >= 0.3 is 18.0 Å². The third-order valence-corrected chi connectivity index (χ3v) is 2.35. The van der Waals surface area contributed by atoms with E-state index in [9.17, 15) is 14.4 Å². The number of methoxy groups -OCH3 is 1. The van der Waals surface area contributed by atoms with E-state index in [1.54, 1.807) is 32.9 Å². The fourth-order valence-corrected chi connectivity index (χ4v) is 1.46. The molecule has 0 unspecified atom stereocenters. The molecular formula is C15H25NO6. The standard InChI is InChI=1S/C15H25NO6/c1-11(17)21-10-8-6-7-9-12(13(18)20-5)16-14(19)22-15(2,3)4/h6,8,12H,7,9-10H2,1-5H3,(H,16,19)/b8-6-/t12-/m0/s1. The molecule has 0 bridgehead atoms. The highest BCUT2D eigenvalue weighted by atomic mass is 16.6. The van der Waals surface area contributed by atoms with Crippen molar-refractivity contribution in [3.05, 3.63) is 12.2 Å². The number of hydrogen-bond acceptors (Lipinski definition) is 6. The van der Waals surface area contributed by atoms with E-state index in [1.165, 1.54) is 14.0 Å². The van der Waals surface area contributed by atoms with E-state index >= 15 is 0 Å². The van der Waals surface area contributed by atoms with E-state index in [2.05, 4.69) is 10.1 Å². The van der Waals surface area contributed by atoms with Crippen molar-refractivity contribution < 1.29 is 28.6 Å². The van der Waals surface area contributed by atoms with Gasteiger partial charge in [0.05, 0.1) is 7.11 Å². The summed E-state index contributed by atoms with van der Waals surface area (Å²) in [7, 11) is 1.25. The van der Waals surface area contributed by atoms with Crippen LogP contribution in [-0.4, -0.2) is 43.4 Å². The first kappa shape index (κ1) is 19.9. The number of nitrogens with one attached hydrogen (secondary N) is 1. The number of alkyl carbamates (subject to hydrolysis) is 1. The van der Waals surface area contributed by atoms with Gasteiger partial charge in [0, 0.05) is 6.92 Å². The van der Waals surface area contributed by atoms with Crippen molar-refractivity contribution in [3.63, 3.8) is 0 Å². The summed E-state index contributed by atoms with van der Waals surface area (Å²) in [5, 5.41) is 2.48. The molecule has 0 aromatic rings. The van der Waals surface area contributed by atoms with Gasteiger partial charge in [-0.1, -0.05) is 12.2 Å². The first-order valence-corrected chi connectivity index (χ1v) is 7.01. The lowest BCUT2D eigenvalue weighted by atomic mass is 10.1. The monoisotopic (exact) mass is 315 g/mol. The van der Waals surface area contributed by atoms with Crippen molar-refractivity contribution >= 4 is 18.0 Å². The average molecular weight is 315 g/mol. The van der Waals surface area contributed by atoms with E-state index in [1.807, 2.05) is 0 Å². The zero-order valence-corrected chi connectivity index (χ0v) is 13.8. The van der Waals surface area contributed by atoms with Gasteiger partial charge in [-0.15, -0.1) is 0 Å². The van der Waals surface area contributed by atoms with Crippen LogP contribution in [0, 0.1) is 0 Å². The molecule has 0 heterocycles. The zero-order chi connectivity index (χ0) is 17.2. The third-order valence-electron chi connectivity index (χ3n) is 2.35. The van der Waals surface area contributed by atoms with Crippen LogP contribution in [0.15, 0.2) is 12.2 Å². The molecule has 0 radical (unpaired) electrons. The number of esters is 2. The highest BCUT2D eigenvalue weighted by Crippen LogP contribution is 2.08. The molecule has 0 aliphatic carbocycles. The van der Waals surface area contributed by atoms with Crippen LogP contribution < -0.4 is 5.32 Å². The molecule has 1 amide bonds. The van der Waals surface area contributed by atoms with Crippen molar-refractivity contribution in [3.8, 4) is 0 Å². The predicted molar refractivity (Wildman–Crippen MR) is 80.2 cm³/mol. The summed E-state index contributed by atoms with van der Waals surface area (Å²) in [6.07, 6.45) is 3.62. The van der Waals surface area contributed by atoms with E-state index < -0.39 is 23.7 Å². The molecule has 0 aromatic carbocycles. The zero-order valence-electron chi connectivity index (χ0n) is 13.8. The van der Waals surface area contributed by atoms with E-state index in [4.69, 9.17) is 9.47 Å². The Kier molecular flexibility index (Phi) is 8.89. The largest absolute Gasteiger partial charge is 0.467 e. The first-order chi connectivity index (χ1) is 10.2. The van der Waals surface area contributed by atoms with Crippen LogP contribution >= 0.6 is 0 Å². The normalized spacial score (nSPS) is 12.6. The smallest absolute Gasteiger partial charge is 0.408 e. The number of hydrogen-bond donors (Lipinski definition) is 1. The molecule has 7 nitrogen and oxygen atoms in total. The van der Waals surface area contributed by atoms with Gasteiger partial charge in [0.1, 0.15) is 18.2 Å². The van der Waals surface area contributed by atoms with Gasteiger partial charge in [-0.2, -0.15) is 0 Å². The first-order valence-electron chi connectivity index (χ1n) is 7.01. The van der Waals surface area contributed by atoms with Gasteiger partial charge in [0.25, 0.3) is 0 Å². The van der Waals surface area contributed by atoms with Crippen molar-refractivity contribution in [1.82, 2.24) is 5.32 Å². The molecule has 0 aromatic heterocycles. The van der Waals surface area contributed by atoms with Gasteiger partial charge in [-0.3, -0.25) is 4.79 Å². The Bertz CT molecular complexity index is 411. The van der Waals surface area contributed by atoms with Crippen LogP contribution in [0.25, 0.3) is 0 Å². The molecule has 0 aliphatic rings. The van der Waals surface area contributed by atoms with Crippen LogP contribution in [0.5, 0.6) is 0 Å². The number of carbonyl (C=O) groups is 3. The summed E-state index contributed by atoms with van der Waals surface area (Å²) in [6, 6.07) is -0.793. The number of rotatable bonds is 7. The summed E-state index contributed by atoms with van der Waals surface area (Å²) in [5.41, 5.74) is -0.644. The maximum Gasteiger partial charge on any atom is 0.408 e. The Morgan fingerprint density at radius 2 is 1.82 bits per heavy atom. The quantitative estimate of drug-likeness (QED) is 0.439. The molecule has 1 N–H and O–H groups in total. The maximum absolute atomic E-state index is 11.7. The van der Waals surface area contributed by atoms with E-state index in [-0.39, 0.29) is 12.6 Å². The van der Waals surface area contributed by atoms with Crippen molar-refractivity contribution in [2.45, 2.75) is 52.2 Å². The summed E-state index contributed by atoms with van der Waals surface area (Å²) in [6.45, 7) is 6.70. The van der Waals surface area contributed by atoms with Gasteiger partial charge in [-0.05, 0) is 33.6 Å². The molecule has 1 atom stereocenters. The maximum atomic E-state index is 11.7. The van der Waals surface area contributed by atoms with Crippen molar-refractivity contribution in [2.75, 3.05) is 13.7 Å². The lowest BCUT2D eigenvalue weighted by Gasteiger charge is -2.22. The van der Waals surface area contributed by atoms with E-state index in [0.29, 0.717) is 12.8 Å². The highest BCUT2D eigenvalue weighted by Gasteiger charge is 2.24. The van der Waals surface area contributed by atoms with Gasteiger partial charge in [0.15, 0.2) is 0 Å². The Morgan fingerprint density at radius 3 is 2.32 bits per heavy atom. The second-order valence-electron chi connectivity index (χ2n) is 5.57. The number of allylic oxidation sites excluding steroid dienone is 1. The van der Waals surface area contributed by atoms with Crippen LogP contribution in [-0.2, 0) is 23.8 Å². The Labute approximate surface area is 131 Å². The van der Waals surface area contributed by atoms with Crippen LogP contribution in [0.1, 0.15) is 40.5 Å². The van der Waals surface area contributed by atoms with Crippen molar-refractivity contribution in [1.29, 1.82) is 0 Å². The Balaban J connectivity index is 4.33. The Hall–Kier alpha value is -2.05. The van der Waals surface area contributed by atoms with Crippen LogP contribution in [0.4, 0.5) is 4.79 Å². The topological polar surface area (TPSA) is 90.9 Å². The molecule has 0 rings (SSSR count). The lowest BCUT2D eigenvalue weighted by Crippen LogP contribution is -2.43. The lowest BCUT2D eigenvalue weighted by molar-refractivity contribution is -0.143. The molecule has 7 heteroatoms. The average Bonchev–Trinajstić information content (AvgIpc) is 2.37. The highest BCUT2D eigenvalue weighted by molar-refractivity contribution is 5.81. The second kappa shape index (κ2) is 9.81. The molecule has 0 spiro atoms. The SMILES string of the molecule is COC(=O)[C@H](CC/C=C\COC(C)=O)NC(=O)OC(C)(C)C. The molecule has 126 valence electrons. The molecule has 0 saturated carbocycles. The predicted octanol–water partition coefficient (Wildman–Crippen LogP) is 1.95. The minimum atomic E-state index is -0.793. The van der Waals surface area contributed by atoms with Crippen LogP contribution in [0.2, 0.25) is 0 Å². The van der Waals surface area contributed by atoms with E-state index in [0.717, 1.165) is 0 Å². The summed E-state index contributed by atoms with van der Waals surface area (Å²) < 4.78 is 14.5. The summed E-state index contributed by atoms with van der Waals surface area (Å²) in [4.78, 5) is 33.9. The van der Waals surface area contributed by atoms with Crippen LogP contribution in [0.3, 0.4) is 0 Å². The number of ether oxygens (including phenoxy) is 3. The molecule has 0 fully saturated rings. The minimum Gasteiger partial charge on any atom is -0.467 e. The van der Waals surface area contributed by atoms with Gasteiger partial charge in [0.2, 0.25) is 0 Å². The van der Waals surface area contributed by atoms with Gasteiger partial charge < -0.3 is 19.5 Å². The third kappa shape index (κ3) is 10.7.